The summed E-state index contributed by atoms with van der Waals surface area (Å²) in [6.45, 7) is 2.47. The lowest BCUT2D eigenvalue weighted by molar-refractivity contribution is 0.342. The van der Waals surface area contributed by atoms with Crippen LogP contribution in [0.4, 0.5) is 11.4 Å². The van der Waals surface area contributed by atoms with Gasteiger partial charge >= 0.3 is 0 Å². The van der Waals surface area contributed by atoms with E-state index in [9.17, 15) is 8.42 Å². The van der Waals surface area contributed by atoms with E-state index in [0.29, 0.717) is 23.2 Å². The number of ether oxygens (including phenoxy) is 1. The lowest BCUT2D eigenvalue weighted by Crippen LogP contribution is -2.20. The number of rotatable bonds is 6. The SMILES string of the molecule is CCOc1ccccc1NC(=S)Nc1ccc(S(=O)(=O)NC)cc1. The first-order valence-corrected chi connectivity index (χ1v) is 9.19. The molecule has 0 bridgehead atoms. The molecule has 0 saturated heterocycles. The zero-order chi connectivity index (χ0) is 17.6. The molecule has 0 amide bonds. The van der Waals surface area contributed by atoms with Crippen LogP contribution in [-0.2, 0) is 10.0 Å². The van der Waals surface area contributed by atoms with E-state index < -0.39 is 10.0 Å². The first kappa shape index (κ1) is 18.2. The molecule has 128 valence electrons. The topological polar surface area (TPSA) is 79.5 Å². The highest BCUT2D eigenvalue weighted by atomic mass is 32.2. The Hall–Kier alpha value is -2.16. The predicted octanol–water partition coefficient (Wildman–Crippen LogP) is 2.80. The van der Waals surface area contributed by atoms with Crippen molar-refractivity contribution in [2.75, 3.05) is 24.3 Å². The van der Waals surface area contributed by atoms with Crippen LogP contribution in [0, 0.1) is 0 Å². The van der Waals surface area contributed by atoms with Crippen molar-refractivity contribution in [1.82, 2.24) is 4.72 Å². The van der Waals surface area contributed by atoms with Gasteiger partial charge in [-0.15, -0.1) is 0 Å². The molecule has 0 spiro atoms. The Labute approximate surface area is 147 Å². The van der Waals surface area contributed by atoms with E-state index in [4.69, 9.17) is 17.0 Å². The molecule has 0 aromatic heterocycles. The van der Waals surface area contributed by atoms with Crippen molar-refractivity contribution in [2.45, 2.75) is 11.8 Å². The van der Waals surface area contributed by atoms with Gasteiger partial charge in [0.1, 0.15) is 5.75 Å². The van der Waals surface area contributed by atoms with E-state index in [2.05, 4.69) is 15.4 Å². The Morgan fingerprint density at radius 2 is 1.75 bits per heavy atom. The van der Waals surface area contributed by atoms with Crippen molar-refractivity contribution >= 4 is 38.7 Å². The van der Waals surface area contributed by atoms with E-state index in [1.807, 2.05) is 31.2 Å². The highest BCUT2D eigenvalue weighted by molar-refractivity contribution is 7.89. The molecule has 8 heteroatoms. The first-order valence-electron chi connectivity index (χ1n) is 7.29. The number of hydrogen-bond acceptors (Lipinski definition) is 4. The fourth-order valence-corrected chi connectivity index (χ4v) is 2.93. The number of nitrogens with one attached hydrogen (secondary N) is 3. The van der Waals surface area contributed by atoms with Crippen LogP contribution in [0.5, 0.6) is 5.75 Å². The average molecular weight is 365 g/mol. The molecule has 0 fully saturated rings. The average Bonchev–Trinajstić information content (AvgIpc) is 2.57. The maximum Gasteiger partial charge on any atom is 0.240 e. The summed E-state index contributed by atoms with van der Waals surface area (Å²) in [5.41, 5.74) is 1.43. The first-order chi connectivity index (χ1) is 11.5. The molecule has 6 nitrogen and oxygen atoms in total. The standard InChI is InChI=1S/C16H19N3O3S2/c1-3-22-15-7-5-4-6-14(15)19-16(23)18-12-8-10-13(11-9-12)24(20,21)17-2/h4-11,17H,3H2,1-2H3,(H2,18,19,23). The number of para-hydroxylation sites is 2. The van der Waals surface area contributed by atoms with Gasteiger partial charge in [-0.25, -0.2) is 13.1 Å². The van der Waals surface area contributed by atoms with Crippen molar-refractivity contribution in [2.24, 2.45) is 0 Å². The Bertz CT molecular complexity index is 806. The highest BCUT2D eigenvalue weighted by Crippen LogP contribution is 2.24. The maximum atomic E-state index is 11.7. The minimum absolute atomic E-state index is 0.191. The van der Waals surface area contributed by atoms with E-state index >= 15 is 0 Å². The van der Waals surface area contributed by atoms with Gasteiger partial charge in [-0.2, -0.15) is 0 Å². The van der Waals surface area contributed by atoms with Crippen LogP contribution < -0.4 is 20.1 Å². The number of benzene rings is 2. The molecule has 0 atom stereocenters. The van der Waals surface area contributed by atoms with Gasteiger partial charge in [-0.3, -0.25) is 0 Å². The summed E-state index contributed by atoms with van der Waals surface area (Å²) in [4.78, 5) is 0.191. The summed E-state index contributed by atoms with van der Waals surface area (Å²) in [5.74, 6) is 0.708. The summed E-state index contributed by atoms with van der Waals surface area (Å²) in [7, 11) is -2.08. The minimum atomic E-state index is -3.45. The minimum Gasteiger partial charge on any atom is -0.492 e. The molecule has 0 unspecified atom stereocenters. The van der Waals surface area contributed by atoms with Gasteiger partial charge in [-0.1, -0.05) is 12.1 Å². The summed E-state index contributed by atoms with van der Waals surface area (Å²) in [6.07, 6.45) is 0. The van der Waals surface area contributed by atoms with Gasteiger partial charge in [0.15, 0.2) is 5.11 Å². The zero-order valence-electron chi connectivity index (χ0n) is 13.4. The van der Waals surface area contributed by atoms with Crippen LogP contribution in [0.1, 0.15) is 6.92 Å². The monoisotopic (exact) mass is 365 g/mol. The smallest absolute Gasteiger partial charge is 0.240 e. The quantitative estimate of drug-likeness (QED) is 0.683. The Kier molecular flexibility index (Phi) is 6.13. The van der Waals surface area contributed by atoms with Crippen molar-refractivity contribution < 1.29 is 13.2 Å². The normalized spacial score (nSPS) is 10.9. The van der Waals surface area contributed by atoms with Crippen LogP contribution >= 0.6 is 12.2 Å². The number of hydrogen-bond donors (Lipinski definition) is 3. The van der Waals surface area contributed by atoms with Crippen LogP contribution in [-0.4, -0.2) is 27.2 Å². The van der Waals surface area contributed by atoms with Gasteiger partial charge in [-0.05, 0) is 62.6 Å². The number of sulfonamides is 1. The summed E-state index contributed by atoms with van der Waals surface area (Å²) < 4.78 is 31.2. The van der Waals surface area contributed by atoms with E-state index in [-0.39, 0.29) is 4.90 Å². The lowest BCUT2D eigenvalue weighted by Gasteiger charge is -2.14. The van der Waals surface area contributed by atoms with Gasteiger partial charge < -0.3 is 15.4 Å². The molecule has 3 N–H and O–H groups in total. The zero-order valence-corrected chi connectivity index (χ0v) is 15.0. The molecule has 0 saturated carbocycles. The van der Waals surface area contributed by atoms with Gasteiger partial charge in [0.05, 0.1) is 17.2 Å². The molecule has 2 rings (SSSR count). The maximum absolute atomic E-state index is 11.7. The summed E-state index contributed by atoms with van der Waals surface area (Å²) >= 11 is 5.28. The fraction of sp³-hybridized carbons (Fsp3) is 0.188. The molecule has 0 aliphatic carbocycles. The molecule has 0 radical (unpaired) electrons. The predicted molar refractivity (Wildman–Crippen MR) is 100 cm³/mol. The molecule has 0 aliphatic rings. The summed E-state index contributed by atoms with van der Waals surface area (Å²) in [5, 5.41) is 6.45. The molecule has 0 heterocycles. The van der Waals surface area contributed by atoms with Crippen molar-refractivity contribution in [3.8, 4) is 5.75 Å². The van der Waals surface area contributed by atoms with Gasteiger partial charge in [0.2, 0.25) is 10.0 Å². The van der Waals surface area contributed by atoms with E-state index in [1.165, 1.54) is 19.2 Å². The van der Waals surface area contributed by atoms with Crippen molar-refractivity contribution in [3.05, 3.63) is 48.5 Å². The second-order valence-corrected chi connectivity index (χ2v) is 7.04. The second-order valence-electron chi connectivity index (χ2n) is 4.74. The fourth-order valence-electron chi connectivity index (χ4n) is 1.97. The third-order valence-electron chi connectivity index (χ3n) is 3.13. The van der Waals surface area contributed by atoms with Crippen LogP contribution in [0.25, 0.3) is 0 Å². The Morgan fingerprint density at radius 1 is 1.08 bits per heavy atom. The second kappa shape index (κ2) is 8.09. The highest BCUT2D eigenvalue weighted by Gasteiger charge is 2.11. The van der Waals surface area contributed by atoms with Crippen LogP contribution in [0.15, 0.2) is 53.4 Å². The van der Waals surface area contributed by atoms with E-state index in [0.717, 1.165) is 5.69 Å². The van der Waals surface area contributed by atoms with Crippen molar-refractivity contribution in [1.29, 1.82) is 0 Å². The third kappa shape index (κ3) is 4.67. The molecule has 2 aromatic carbocycles. The molecular formula is C16H19N3O3S2. The molecule has 0 aliphatic heterocycles. The Balaban J connectivity index is 2.05. The van der Waals surface area contributed by atoms with Gasteiger partial charge in [0, 0.05) is 5.69 Å². The van der Waals surface area contributed by atoms with Crippen LogP contribution in [0.3, 0.4) is 0 Å². The van der Waals surface area contributed by atoms with Crippen molar-refractivity contribution in [3.63, 3.8) is 0 Å². The van der Waals surface area contributed by atoms with Crippen LogP contribution in [0.2, 0.25) is 0 Å². The third-order valence-corrected chi connectivity index (χ3v) is 4.76. The lowest BCUT2D eigenvalue weighted by atomic mass is 10.3. The van der Waals surface area contributed by atoms with E-state index in [1.54, 1.807) is 12.1 Å². The summed E-state index contributed by atoms with van der Waals surface area (Å²) in [6, 6.07) is 13.8. The molecule has 2 aromatic rings. The molecule has 24 heavy (non-hydrogen) atoms. The van der Waals surface area contributed by atoms with Gasteiger partial charge in [0.25, 0.3) is 0 Å². The number of anilines is 2. The Morgan fingerprint density at radius 3 is 2.38 bits per heavy atom. The number of thiocarbonyl (C=S) groups is 1. The molecular weight excluding hydrogens is 346 g/mol. The largest absolute Gasteiger partial charge is 0.492 e.